The molecule has 1 unspecified atom stereocenters. The number of hydrogen-bond acceptors (Lipinski definition) is 3. The minimum atomic E-state index is -0.190. The number of halogens is 2. The van der Waals surface area contributed by atoms with Crippen LogP contribution in [0, 0.1) is 0 Å². The summed E-state index contributed by atoms with van der Waals surface area (Å²) in [5.74, 6) is 0.00229. The molecule has 1 N–H and O–H groups in total. The number of para-hydroxylation sites is 1. The van der Waals surface area contributed by atoms with E-state index < -0.39 is 0 Å². The van der Waals surface area contributed by atoms with E-state index in [2.05, 4.69) is 5.32 Å². The number of carbonyl (C=O) groups excluding carboxylic acids is 2. The lowest BCUT2D eigenvalue weighted by Crippen LogP contribution is -2.23. The molecule has 4 nitrogen and oxygen atoms in total. The van der Waals surface area contributed by atoms with E-state index in [-0.39, 0.29) is 24.3 Å². The van der Waals surface area contributed by atoms with E-state index in [1.54, 1.807) is 42.5 Å². The van der Waals surface area contributed by atoms with Gasteiger partial charge in [-0.2, -0.15) is 0 Å². The predicted molar refractivity (Wildman–Crippen MR) is 95.0 cm³/mol. The molecule has 0 heterocycles. The second-order valence-corrected chi connectivity index (χ2v) is 6.12. The van der Waals surface area contributed by atoms with Gasteiger partial charge in [0.05, 0.1) is 16.1 Å². The third-order valence-electron chi connectivity index (χ3n) is 3.42. The largest absolute Gasteiger partial charge is 0.482 e. The van der Waals surface area contributed by atoms with Gasteiger partial charge in [0.25, 0.3) is 0 Å². The molecule has 0 saturated heterocycles. The Morgan fingerprint density at radius 2 is 1.67 bits per heavy atom. The molecule has 2 aromatic carbocycles. The minimum Gasteiger partial charge on any atom is -0.482 e. The maximum atomic E-state index is 12.2. The van der Waals surface area contributed by atoms with E-state index in [0.29, 0.717) is 21.4 Å². The summed E-state index contributed by atoms with van der Waals surface area (Å²) >= 11 is 12.0. The van der Waals surface area contributed by atoms with Gasteiger partial charge in [0, 0.05) is 12.5 Å². The molecule has 0 aliphatic carbocycles. The van der Waals surface area contributed by atoms with E-state index in [9.17, 15) is 9.59 Å². The van der Waals surface area contributed by atoms with Crippen LogP contribution in [-0.4, -0.2) is 18.3 Å². The second kappa shape index (κ2) is 8.18. The van der Waals surface area contributed by atoms with Crippen molar-refractivity contribution in [3.8, 4) is 5.75 Å². The zero-order valence-electron chi connectivity index (χ0n) is 13.3. The third kappa shape index (κ3) is 4.73. The Bertz CT molecular complexity index is 724. The Morgan fingerprint density at radius 3 is 2.21 bits per heavy atom. The van der Waals surface area contributed by atoms with E-state index in [4.69, 9.17) is 27.9 Å². The number of Topliss-reactive ketones (excluding diaryl/α,β-unsaturated/α-hetero) is 1. The van der Waals surface area contributed by atoms with Crippen LogP contribution in [0.5, 0.6) is 5.75 Å². The summed E-state index contributed by atoms with van der Waals surface area (Å²) < 4.78 is 5.44. The third-order valence-corrected chi connectivity index (χ3v) is 4.01. The van der Waals surface area contributed by atoms with Gasteiger partial charge in [0.15, 0.2) is 18.1 Å². The van der Waals surface area contributed by atoms with Gasteiger partial charge in [-0.3, -0.25) is 9.59 Å². The zero-order chi connectivity index (χ0) is 17.7. The molecule has 1 amide bonds. The molecule has 0 aliphatic heterocycles. The quantitative estimate of drug-likeness (QED) is 0.769. The van der Waals surface area contributed by atoms with Crippen molar-refractivity contribution in [3.63, 3.8) is 0 Å². The van der Waals surface area contributed by atoms with Gasteiger partial charge in [0.1, 0.15) is 0 Å². The molecule has 0 spiro atoms. The van der Waals surface area contributed by atoms with Crippen LogP contribution in [0.3, 0.4) is 0 Å². The molecule has 6 heteroatoms. The van der Waals surface area contributed by atoms with Crippen molar-refractivity contribution in [1.29, 1.82) is 0 Å². The average molecular weight is 366 g/mol. The summed E-state index contributed by atoms with van der Waals surface area (Å²) in [5, 5.41) is 3.50. The number of ether oxygens (including phenoxy) is 1. The molecular weight excluding hydrogens is 349 g/mol. The van der Waals surface area contributed by atoms with E-state index in [1.807, 2.05) is 6.92 Å². The van der Waals surface area contributed by atoms with Gasteiger partial charge < -0.3 is 10.1 Å². The number of nitrogens with one attached hydrogen (secondary N) is 1. The van der Waals surface area contributed by atoms with Gasteiger partial charge in [0.2, 0.25) is 5.91 Å². The number of amides is 1. The number of benzene rings is 2. The molecular formula is C18H17Cl2NO3. The maximum absolute atomic E-state index is 12.2. The van der Waals surface area contributed by atoms with Crippen molar-refractivity contribution >= 4 is 34.9 Å². The first-order valence-corrected chi connectivity index (χ1v) is 8.11. The van der Waals surface area contributed by atoms with Crippen molar-refractivity contribution in [1.82, 2.24) is 5.32 Å². The van der Waals surface area contributed by atoms with Gasteiger partial charge in [-0.25, -0.2) is 0 Å². The monoisotopic (exact) mass is 365 g/mol. The summed E-state index contributed by atoms with van der Waals surface area (Å²) in [7, 11) is 0. The first kappa shape index (κ1) is 18.3. The fourth-order valence-electron chi connectivity index (χ4n) is 2.19. The molecule has 24 heavy (non-hydrogen) atoms. The smallest absolute Gasteiger partial charge is 0.217 e. The van der Waals surface area contributed by atoms with Crippen molar-refractivity contribution in [2.45, 2.75) is 19.9 Å². The topological polar surface area (TPSA) is 55.4 Å². The van der Waals surface area contributed by atoms with Gasteiger partial charge >= 0.3 is 0 Å². The summed E-state index contributed by atoms with van der Waals surface area (Å²) in [6.45, 7) is 3.18. The lowest BCUT2D eigenvalue weighted by molar-refractivity contribution is -0.119. The van der Waals surface area contributed by atoms with Crippen LogP contribution in [0.15, 0.2) is 42.5 Å². The Hall–Kier alpha value is -2.04. The average Bonchev–Trinajstić information content (AvgIpc) is 2.53. The van der Waals surface area contributed by atoms with Crippen molar-refractivity contribution < 1.29 is 14.3 Å². The van der Waals surface area contributed by atoms with Gasteiger partial charge in [-0.1, -0.05) is 53.5 Å². The molecule has 1 atom stereocenters. The predicted octanol–water partition coefficient (Wildman–Crippen LogP) is 4.45. The Labute approximate surface area is 150 Å². The fraction of sp³-hybridized carbons (Fsp3) is 0.222. The first-order valence-electron chi connectivity index (χ1n) is 7.35. The summed E-state index contributed by atoms with van der Waals surface area (Å²) in [5.41, 5.74) is 1.42. The summed E-state index contributed by atoms with van der Waals surface area (Å²) in [6.07, 6.45) is 0. The van der Waals surface area contributed by atoms with Crippen LogP contribution in [0.1, 0.15) is 35.8 Å². The molecule has 0 fully saturated rings. The highest BCUT2D eigenvalue weighted by atomic mass is 35.5. The standard InChI is InChI=1S/C18H17Cl2NO3/c1-11(21-12(2)22)13-6-8-14(9-7-13)17(23)10-24-18-15(19)4-3-5-16(18)20/h3-9,11H,10H2,1-2H3,(H,21,22). The maximum Gasteiger partial charge on any atom is 0.217 e. The SMILES string of the molecule is CC(=O)NC(C)c1ccc(C(=O)COc2c(Cl)cccc2Cl)cc1. The second-order valence-electron chi connectivity index (χ2n) is 5.31. The van der Waals surface area contributed by atoms with Crippen LogP contribution in [0.25, 0.3) is 0 Å². The van der Waals surface area contributed by atoms with Gasteiger partial charge in [-0.05, 0) is 24.6 Å². The van der Waals surface area contributed by atoms with Crippen LogP contribution >= 0.6 is 23.2 Å². The fourth-order valence-corrected chi connectivity index (χ4v) is 2.69. The van der Waals surface area contributed by atoms with Crippen LogP contribution in [0.4, 0.5) is 0 Å². The van der Waals surface area contributed by atoms with E-state index >= 15 is 0 Å². The first-order chi connectivity index (χ1) is 11.4. The lowest BCUT2D eigenvalue weighted by Gasteiger charge is -2.13. The highest BCUT2D eigenvalue weighted by molar-refractivity contribution is 6.37. The lowest BCUT2D eigenvalue weighted by atomic mass is 10.0. The van der Waals surface area contributed by atoms with Crippen molar-refractivity contribution in [2.75, 3.05) is 6.61 Å². The highest BCUT2D eigenvalue weighted by Gasteiger charge is 2.12. The molecule has 2 rings (SSSR count). The minimum absolute atomic E-state index is 0.104. The number of hydrogen-bond donors (Lipinski definition) is 1. The van der Waals surface area contributed by atoms with Crippen LogP contribution in [0.2, 0.25) is 10.0 Å². The zero-order valence-corrected chi connectivity index (χ0v) is 14.8. The molecule has 0 bridgehead atoms. The van der Waals surface area contributed by atoms with Crippen LogP contribution in [-0.2, 0) is 4.79 Å². The molecule has 0 aliphatic rings. The van der Waals surface area contributed by atoms with E-state index in [1.165, 1.54) is 6.92 Å². The van der Waals surface area contributed by atoms with Crippen molar-refractivity contribution in [3.05, 3.63) is 63.6 Å². The Balaban J connectivity index is 2.01. The summed E-state index contributed by atoms with van der Waals surface area (Å²) in [6, 6.07) is 11.9. The Kier molecular flexibility index (Phi) is 6.23. The van der Waals surface area contributed by atoms with Gasteiger partial charge in [-0.15, -0.1) is 0 Å². The van der Waals surface area contributed by atoms with Crippen molar-refractivity contribution in [2.24, 2.45) is 0 Å². The Morgan fingerprint density at radius 1 is 1.08 bits per heavy atom. The molecule has 0 saturated carbocycles. The normalized spacial score (nSPS) is 11.7. The van der Waals surface area contributed by atoms with Crippen LogP contribution < -0.4 is 10.1 Å². The van der Waals surface area contributed by atoms with E-state index in [0.717, 1.165) is 5.56 Å². The molecule has 0 radical (unpaired) electrons. The molecule has 0 aromatic heterocycles. The highest BCUT2D eigenvalue weighted by Crippen LogP contribution is 2.32. The summed E-state index contributed by atoms with van der Waals surface area (Å²) in [4.78, 5) is 23.3. The number of carbonyl (C=O) groups is 2. The molecule has 2 aromatic rings. The number of ketones is 1. The molecule has 126 valence electrons. The number of rotatable bonds is 6.